The van der Waals surface area contributed by atoms with E-state index < -0.39 is 17.2 Å². The van der Waals surface area contributed by atoms with Crippen LogP contribution in [0.3, 0.4) is 0 Å². The molecule has 1 aromatic carbocycles. The van der Waals surface area contributed by atoms with Gasteiger partial charge in [0.05, 0.1) is 11.1 Å². The summed E-state index contributed by atoms with van der Waals surface area (Å²) in [6.07, 6.45) is 0.0471. The van der Waals surface area contributed by atoms with Crippen LogP contribution in [0, 0.1) is 23.0 Å². The number of nitrogens with zero attached hydrogens (tertiary/aromatic N) is 1. The van der Waals surface area contributed by atoms with Gasteiger partial charge in [-0.1, -0.05) is 0 Å². The Hall–Kier alpha value is -1.76. The van der Waals surface area contributed by atoms with Crippen molar-refractivity contribution in [1.82, 2.24) is 0 Å². The molecule has 0 aliphatic rings. The Bertz CT molecular complexity index is 368. The highest BCUT2D eigenvalue weighted by atomic mass is 19.1. The second kappa shape index (κ2) is 3.09. The molecule has 0 aliphatic heterocycles. The standard InChI is InChI=1S/C8H3F2NO/c9-7-2-1-5(3-11)8(10)6(7)4-12/h1-2,4H. The molecule has 60 valence electrons. The van der Waals surface area contributed by atoms with Crippen molar-refractivity contribution in [1.29, 1.82) is 5.26 Å². The lowest BCUT2D eigenvalue weighted by atomic mass is 10.1. The average molecular weight is 167 g/mol. The molecule has 0 saturated carbocycles. The van der Waals surface area contributed by atoms with Gasteiger partial charge >= 0.3 is 0 Å². The molecule has 0 aromatic heterocycles. The van der Waals surface area contributed by atoms with Crippen molar-refractivity contribution in [3.8, 4) is 6.07 Å². The Kier molecular flexibility index (Phi) is 2.15. The van der Waals surface area contributed by atoms with Crippen molar-refractivity contribution in [2.75, 3.05) is 0 Å². The smallest absolute Gasteiger partial charge is 0.156 e. The number of aldehydes is 1. The molecule has 0 atom stereocenters. The van der Waals surface area contributed by atoms with Gasteiger partial charge in [-0.2, -0.15) is 5.26 Å². The van der Waals surface area contributed by atoms with E-state index in [1.165, 1.54) is 6.07 Å². The monoisotopic (exact) mass is 167 g/mol. The molecule has 4 heteroatoms. The predicted molar refractivity (Wildman–Crippen MR) is 36.5 cm³/mol. The van der Waals surface area contributed by atoms with Gasteiger partial charge in [-0.15, -0.1) is 0 Å². The summed E-state index contributed by atoms with van der Waals surface area (Å²) in [7, 11) is 0. The van der Waals surface area contributed by atoms with E-state index in [4.69, 9.17) is 5.26 Å². The molecule has 0 fully saturated rings. The number of carbonyl (C=O) groups is 1. The number of halogens is 2. The summed E-state index contributed by atoms with van der Waals surface area (Å²) in [6.45, 7) is 0. The minimum atomic E-state index is -1.10. The van der Waals surface area contributed by atoms with Crippen LogP contribution in [0.2, 0.25) is 0 Å². The molecule has 0 amide bonds. The van der Waals surface area contributed by atoms with Crippen molar-refractivity contribution in [2.24, 2.45) is 0 Å². The Morgan fingerprint density at radius 1 is 1.42 bits per heavy atom. The van der Waals surface area contributed by atoms with Gasteiger partial charge in [0.2, 0.25) is 0 Å². The van der Waals surface area contributed by atoms with Crippen molar-refractivity contribution in [2.45, 2.75) is 0 Å². The normalized spacial score (nSPS) is 9.08. The zero-order valence-corrected chi connectivity index (χ0v) is 5.84. The SMILES string of the molecule is N#Cc1ccc(F)c(C=O)c1F. The first-order valence-electron chi connectivity index (χ1n) is 3.04. The van der Waals surface area contributed by atoms with Gasteiger partial charge in [0.15, 0.2) is 12.1 Å². The van der Waals surface area contributed by atoms with Gasteiger partial charge in [0.25, 0.3) is 0 Å². The van der Waals surface area contributed by atoms with Gasteiger partial charge in [-0.25, -0.2) is 8.78 Å². The van der Waals surface area contributed by atoms with E-state index in [1.54, 1.807) is 0 Å². The Morgan fingerprint density at radius 3 is 2.58 bits per heavy atom. The van der Waals surface area contributed by atoms with Crippen LogP contribution in [0.25, 0.3) is 0 Å². The first-order valence-corrected chi connectivity index (χ1v) is 3.04. The molecule has 0 bridgehead atoms. The highest BCUT2D eigenvalue weighted by Crippen LogP contribution is 2.13. The minimum absolute atomic E-state index is 0.0471. The Balaban J connectivity index is 3.46. The molecule has 0 radical (unpaired) electrons. The van der Waals surface area contributed by atoms with Crippen LogP contribution < -0.4 is 0 Å². The zero-order valence-electron chi connectivity index (χ0n) is 5.84. The topological polar surface area (TPSA) is 40.9 Å². The fourth-order valence-corrected chi connectivity index (χ4v) is 0.764. The molecule has 12 heavy (non-hydrogen) atoms. The molecule has 0 spiro atoms. The summed E-state index contributed by atoms with van der Waals surface area (Å²) < 4.78 is 25.4. The number of carbonyl (C=O) groups excluding carboxylic acids is 1. The molecular formula is C8H3F2NO. The maximum Gasteiger partial charge on any atom is 0.156 e. The molecule has 0 heterocycles. The number of hydrogen-bond acceptors (Lipinski definition) is 2. The van der Waals surface area contributed by atoms with E-state index >= 15 is 0 Å². The lowest BCUT2D eigenvalue weighted by Gasteiger charge is -1.97. The van der Waals surface area contributed by atoms with E-state index in [-0.39, 0.29) is 11.8 Å². The van der Waals surface area contributed by atoms with Crippen molar-refractivity contribution in [3.05, 3.63) is 34.9 Å². The quantitative estimate of drug-likeness (QED) is 0.596. The van der Waals surface area contributed by atoms with Gasteiger partial charge < -0.3 is 0 Å². The molecule has 0 unspecified atom stereocenters. The lowest BCUT2D eigenvalue weighted by Crippen LogP contribution is -1.96. The van der Waals surface area contributed by atoms with E-state index in [2.05, 4.69) is 0 Å². The first kappa shape index (κ1) is 8.34. The number of nitriles is 1. The third-order valence-electron chi connectivity index (χ3n) is 1.36. The maximum atomic E-state index is 12.8. The van der Waals surface area contributed by atoms with Gasteiger partial charge in [-0.3, -0.25) is 4.79 Å². The van der Waals surface area contributed by atoms with Crippen LogP contribution in [0.4, 0.5) is 8.78 Å². The Labute approximate surface area is 67.0 Å². The van der Waals surface area contributed by atoms with Gasteiger partial charge in [0.1, 0.15) is 11.9 Å². The largest absolute Gasteiger partial charge is 0.298 e. The average Bonchev–Trinajstić information content (AvgIpc) is 2.06. The minimum Gasteiger partial charge on any atom is -0.298 e. The highest BCUT2D eigenvalue weighted by molar-refractivity contribution is 5.76. The highest BCUT2D eigenvalue weighted by Gasteiger charge is 2.11. The van der Waals surface area contributed by atoms with E-state index in [1.807, 2.05) is 0 Å². The van der Waals surface area contributed by atoms with Crippen molar-refractivity contribution in [3.63, 3.8) is 0 Å². The summed E-state index contributed by atoms with van der Waals surface area (Å²) in [4.78, 5) is 10.1. The molecule has 1 aromatic rings. The number of hydrogen-bond donors (Lipinski definition) is 0. The van der Waals surface area contributed by atoms with Crippen LogP contribution in [-0.4, -0.2) is 6.29 Å². The van der Waals surface area contributed by atoms with Crippen LogP contribution in [0.5, 0.6) is 0 Å². The first-order chi connectivity index (χ1) is 5.70. The molecule has 0 N–H and O–H groups in total. The lowest BCUT2D eigenvalue weighted by molar-refractivity contribution is 0.111. The summed E-state index contributed by atoms with van der Waals surface area (Å²) >= 11 is 0. The van der Waals surface area contributed by atoms with Crippen LogP contribution in [0.1, 0.15) is 15.9 Å². The molecule has 0 saturated heterocycles. The second-order valence-corrected chi connectivity index (χ2v) is 2.05. The van der Waals surface area contributed by atoms with Gasteiger partial charge in [-0.05, 0) is 12.1 Å². The number of rotatable bonds is 1. The maximum absolute atomic E-state index is 12.8. The van der Waals surface area contributed by atoms with E-state index in [0.717, 1.165) is 12.1 Å². The molecule has 2 nitrogen and oxygen atoms in total. The summed E-state index contributed by atoms with van der Waals surface area (Å²) in [5.74, 6) is -2.06. The fourth-order valence-electron chi connectivity index (χ4n) is 0.764. The summed E-state index contributed by atoms with van der Waals surface area (Å²) in [5, 5.41) is 8.30. The van der Waals surface area contributed by atoms with Crippen LogP contribution in [0.15, 0.2) is 12.1 Å². The third kappa shape index (κ3) is 1.17. The van der Waals surface area contributed by atoms with Crippen molar-refractivity contribution < 1.29 is 13.6 Å². The van der Waals surface area contributed by atoms with Crippen molar-refractivity contribution >= 4 is 6.29 Å². The predicted octanol–water partition coefficient (Wildman–Crippen LogP) is 1.65. The number of benzene rings is 1. The van der Waals surface area contributed by atoms with Gasteiger partial charge in [0, 0.05) is 0 Å². The molecular weight excluding hydrogens is 164 g/mol. The summed E-state index contributed by atoms with van der Waals surface area (Å²) in [5.41, 5.74) is -1.03. The Morgan fingerprint density at radius 2 is 2.08 bits per heavy atom. The van der Waals surface area contributed by atoms with Crippen LogP contribution in [-0.2, 0) is 0 Å². The second-order valence-electron chi connectivity index (χ2n) is 2.05. The van der Waals surface area contributed by atoms with Crippen LogP contribution >= 0.6 is 0 Å². The summed E-state index contributed by atoms with van der Waals surface area (Å²) in [6, 6.07) is 3.36. The fraction of sp³-hybridized carbons (Fsp3) is 0. The molecule has 0 aliphatic carbocycles. The molecule has 1 rings (SSSR count). The van der Waals surface area contributed by atoms with E-state index in [0.29, 0.717) is 0 Å². The third-order valence-corrected chi connectivity index (χ3v) is 1.36. The van der Waals surface area contributed by atoms with E-state index in [9.17, 15) is 13.6 Å². The zero-order chi connectivity index (χ0) is 9.14.